The fourth-order valence-electron chi connectivity index (χ4n) is 3.28. The molecule has 3 nitrogen and oxygen atoms in total. The summed E-state index contributed by atoms with van der Waals surface area (Å²) in [5.41, 5.74) is 1.66. The van der Waals surface area contributed by atoms with Crippen LogP contribution in [0.25, 0.3) is 0 Å². The molecule has 0 aromatic heterocycles. The summed E-state index contributed by atoms with van der Waals surface area (Å²) >= 11 is 0. The number of nitrogens with zero attached hydrogens (tertiary/aromatic N) is 2. The zero-order valence-electron chi connectivity index (χ0n) is 12.3. The average molecular weight is 251 g/mol. The van der Waals surface area contributed by atoms with Crippen molar-refractivity contribution in [3.63, 3.8) is 0 Å². The van der Waals surface area contributed by atoms with E-state index in [1.165, 1.54) is 45.3 Å². The first-order valence-corrected chi connectivity index (χ1v) is 7.53. The number of likely N-dealkylation sites (N-methyl/N-ethyl adjacent to an activating group) is 3. The molecule has 0 saturated carbocycles. The Morgan fingerprint density at radius 1 is 1.33 bits per heavy atom. The van der Waals surface area contributed by atoms with Crippen LogP contribution in [0, 0.1) is 0 Å². The van der Waals surface area contributed by atoms with Gasteiger partial charge in [-0.1, -0.05) is 18.6 Å². The van der Waals surface area contributed by atoms with Crippen LogP contribution >= 0.6 is 0 Å². The Morgan fingerprint density at radius 2 is 2.17 bits per heavy atom. The molecule has 18 heavy (non-hydrogen) atoms. The summed E-state index contributed by atoms with van der Waals surface area (Å²) in [4.78, 5) is 5.02. The van der Waals surface area contributed by atoms with E-state index in [4.69, 9.17) is 0 Å². The van der Waals surface area contributed by atoms with Crippen LogP contribution in [0.5, 0.6) is 0 Å². The van der Waals surface area contributed by atoms with Crippen molar-refractivity contribution >= 4 is 0 Å². The second-order valence-corrected chi connectivity index (χ2v) is 5.87. The van der Waals surface area contributed by atoms with Crippen molar-refractivity contribution in [2.45, 2.75) is 44.7 Å². The van der Waals surface area contributed by atoms with E-state index >= 15 is 0 Å². The number of rotatable bonds is 4. The van der Waals surface area contributed by atoms with Gasteiger partial charge >= 0.3 is 0 Å². The number of hydrogen-bond acceptors (Lipinski definition) is 3. The summed E-state index contributed by atoms with van der Waals surface area (Å²) in [5.74, 6) is 0. The highest BCUT2D eigenvalue weighted by molar-refractivity contribution is 5.17. The van der Waals surface area contributed by atoms with E-state index in [0.29, 0.717) is 12.1 Å². The van der Waals surface area contributed by atoms with E-state index < -0.39 is 0 Å². The fraction of sp³-hybridized carbons (Fsp3) is 0.867. The first-order valence-electron chi connectivity index (χ1n) is 7.53. The maximum atomic E-state index is 3.74. The van der Waals surface area contributed by atoms with Gasteiger partial charge in [0.15, 0.2) is 0 Å². The third kappa shape index (κ3) is 3.34. The van der Waals surface area contributed by atoms with Gasteiger partial charge in [-0.25, -0.2) is 0 Å². The topological polar surface area (TPSA) is 18.5 Å². The molecule has 0 bridgehead atoms. The second-order valence-electron chi connectivity index (χ2n) is 5.87. The zero-order chi connectivity index (χ0) is 13.0. The number of allylic oxidation sites excluding steroid dienone is 1. The second kappa shape index (κ2) is 6.69. The minimum Gasteiger partial charge on any atom is -0.309 e. The molecule has 3 heteroatoms. The predicted octanol–water partition coefficient (Wildman–Crippen LogP) is 1.71. The Labute approximate surface area is 112 Å². The molecule has 1 fully saturated rings. The average Bonchev–Trinajstić information content (AvgIpc) is 2.40. The summed E-state index contributed by atoms with van der Waals surface area (Å²) < 4.78 is 0. The number of nitrogens with one attached hydrogen (secondary N) is 1. The Morgan fingerprint density at radius 3 is 2.83 bits per heavy atom. The number of piperazine rings is 1. The van der Waals surface area contributed by atoms with Gasteiger partial charge in [0, 0.05) is 31.7 Å². The van der Waals surface area contributed by atoms with Crippen molar-refractivity contribution in [1.29, 1.82) is 0 Å². The highest BCUT2D eigenvalue weighted by Gasteiger charge is 2.31. The predicted molar refractivity (Wildman–Crippen MR) is 77.9 cm³/mol. The summed E-state index contributed by atoms with van der Waals surface area (Å²) in [5, 5.41) is 3.74. The lowest BCUT2D eigenvalue weighted by Crippen LogP contribution is -2.59. The molecular formula is C15H29N3. The van der Waals surface area contributed by atoms with Crippen LogP contribution in [-0.4, -0.2) is 62.2 Å². The lowest BCUT2D eigenvalue weighted by atomic mass is 9.88. The van der Waals surface area contributed by atoms with Crippen LogP contribution in [0.2, 0.25) is 0 Å². The van der Waals surface area contributed by atoms with E-state index in [1.54, 1.807) is 5.57 Å². The zero-order valence-corrected chi connectivity index (χ0v) is 12.3. The fourth-order valence-corrected chi connectivity index (χ4v) is 3.28. The minimum atomic E-state index is 0.558. The molecule has 1 heterocycles. The van der Waals surface area contributed by atoms with Gasteiger partial charge in [-0.05, 0) is 46.3 Å². The van der Waals surface area contributed by atoms with Crippen LogP contribution < -0.4 is 5.32 Å². The summed E-state index contributed by atoms with van der Waals surface area (Å²) in [6, 6.07) is 1.19. The SMILES string of the molecule is CCNC(C1=CCCCC1)C1CN(C)CCN1C. The van der Waals surface area contributed by atoms with E-state index in [1.807, 2.05) is 0 Å². The quantitative estimate of drug-likeness (QED) is 0.768. The van der Waals surface area contributed by atoms with Crippen LogP contribution in [-0.2, 0) is 0 Å². The first-order chi connectivity index (χ1) is 8.72. The minimum absolute atomic E-state index is 0.558. The lowest BCUT2D eigenvalue weighted by molar-refractivity contribution is 0.0952. The Kier molecular flexibility index (Phi) is 5.22. The van der Waals surface area contributed by atoms with Crippen molar-refractivity contribution in [3.8, 4) is 0 Å². The Balaban J connectivity index is 2.09. The molecule has 104 valence electrons. The van der Waals surface area contributed by atoms with E-state index in [9.17, 15) is 0 Å². The largest absolute Gasteiger partial charge is 0.309 e. The van der Waals surface area contributed by atoms with E-state index in [-0.39, 0.29) is 0 Å². The molecule has 1 saturated heterocycles. The molecule has 2 aliphatic rings. The van der Waals surface area contributed by atoms with E-state index in [2.05, 4.69) is 42.2 Å². The van der Waals surface area contributed by atoms with E-state index in [0.717, 1.165) is 6.54 Å². The summed E-state index contributed by atoms with van der Waals surface area (Å²) in [7, 11) is 4.53. The highest BCUT2D eigenvalue weighted by Crippen LogP contribution is 2.24. The van der Waals surface area contributed by atoms with Crippen molar-refractivity contribution in [2.24, 2.45) is 0 Å². The molecule has 1 N–H and O–H groups in total. The molecule has 0 aromatic carbocycles. The highest BCUT2D eigenvalue weighted by atomic mass is 15.3. The Hall–Kier alpha value is -0.380. The van der Waals surface area contributed by atoms with Crippen LogP contribution in [0.3, 0.4) is 0 Å². The standard InChI is InChI=1S/C15H29N3/c1-4-16-15(13-8-6-5-7-9-13)14-12-17(2)10-11-18(14)3/h8,14-16H,4-7,9-12H2,1-3H3. The van der Waals surface area contributed by atoms with Gasteiger partial charge in [-0.3, -0.25) is 4.90 Å². The molecule has 2 unspecified atom stereocenters. The molecule has 2 atom stereocenters. The molecule has 0 amide bonds. The van der Waals surface area contributed by atoms with Crippen molar-refractivity contribution < 1.29 is 0 Å². The van der Waals surface area contributed by atoms with Crippen molar-refractivity contribution in [2.75, 3.05) is 40.3 Å². The summed E-state index contributed by atoms with van der Waals surface area (Å²) in [6.07, 6.45) is 7.83. The van der Waals surface area contributed by atoms with Gasteiger partial charge < -0.3 is 10.2 Å². The van der Waals surface area contributed by atoms with Gasteiger partial charge in [-0.2, -0.15) is 0 Å². The summed E-state index contributed by atoms with van der Waals surface area (Å²) in [6.45, 7) is 6.87. The third-order valence-corrected chi connectivity index (χ3v) is 4.43. The van der Waals surface area contributed by atoms with Crippen molar-refractivity contribution in [1.82, 2.24) is 15.1 Å². The van der Waals surface area contributed by atoms with Crippen molar-refractivity contribution in [3.05, 3.63) is 11.6 Å². The molecule has 2 rings (SSSR count). The smallest absolute Gasteiger partial charge is 0.0449 e. The van der Waals surface area contributed by atoms with Gasteiger partial charge in [0.05, 0.1) is 0 Å². The Bertz CT molecular complexity index is 287. The molecular weight excluding hydrogens is 222 g/mol. The number of hydrogen-bond donors (Lipinski definition) is 1. The lowest BCUT2D eigenvalue weighted by Gasteiger charge is -2.43. The first kappa shape index (κ1) is 14.0. The van der Waals surface area contributed by atoms with Crippen LogP contribution in [0.15, 0.2) is 11.6 Å². The van der Waals surface area contributed by atoms with Gasteiger partial charge in [0.2, 0.25) is 0 Å². The van der Waals surface area contributed by atoms with Gasteiger partial charge in [0.1, 0.15) is 0 Å². The molecule has 0 radical (unpaired) electrons. The van der Waals surface area contributed by atoms with Gasteiger partial charge in [-0.15, -0.1) is 0 Å². The molecule has 1 aliphatic heterocycles. The normalized spacial score (nSPS) is 29.1. The van der Waals surface area contributed by atoms with Crippen LogP contribution in [0.4, 0.5) is 0 Å². The maximum Gasteiger partial charge on any atom is 0.0449 e. The third-order valence-electron chi connectivity index (χ3n) is 4.43. The van der Waals surface area contributed by atoms with Crippen LogP contribution in [0.1, 0.15) is 32.6 Å². The monoisotopic (exact) mass is 251 g/mol. The van der Waals surface area contributed by atoms with Gasteiger partial charge in [0.25, 0.3) is 0 Å². The molecule has 0 aromatic rings. The molecule has 0 spiro atoms. The molecule has 1 aliphatic carbocycles. The maximum absolute atomic E-state index is 3.74.